The second-order valence-corrected chi connectivity index (χ2v) is 5.96. The van der Waals surface area contributed by atoms with E-state index < -0.39 is 0 Å². The molecular weight excluding hydrogens is 356 g/mol. The number of para-hydroxylation sites is 1. The molecule has 0 atom stereocenters. The average Bonchev–Trinajstić information content (AvgIpc) is 3.22. The number of nitrogens with zero attached hydrogens (tertiary/aromatic N) is 2. The number of hydrogen-bond acceptors (Lipinski definition) is 5. The summed E-state index contributed by atoms with van der Waals surface area (Å²) >= 11 is 0. The van der Waals surface area contributed by atoms with Crippen molar-refractivity contribution in [3.63, 3.8) is 0 Å². The molecule has 144 valence electrons. The van der Waals surface area contributed by atoms with Crippen molar-refractivity contribution >= 4 is 11.6 Å². The Kier molecular flexibility index (Phi) is 6.06. The van der Waals surface area contributed by atoms with Crippen molar-refractivity contribution in [1.29, 1.82) is 0 Å². The van der Waals surface area contributed by atoms with E-state index in [0.29, 0.717) is 23.7 Å². The smallest absolute Gasteiger partial charge is 0.289 e. The van der Waals surface area contributed by atoms with Gasteiger partial charge in [-0.25, -0.2) is 5.43 Å². The molecule has 7 heteroatoms. The zero-order chi connectivity index (χ0) is 19.9. The van der Waals surface area contributed by atoms with Gasteiger partial charge in [0.15, 0.2) is 0 Å². The summed E-state index contributed by atoms with van der Waals surface area (Å²) in [5.74, 6) is 1.11. The van der Waals surface area contributed by atoms with Gasteiger partial charge in [-0.05, 0) is 61.9 Å². The van der Waals surface area contributed by atoms with Crippen molar-refractivity contribution < 1.29 is 14.3 Å². The van der Waals surface area contributed by atoms with Gasteiger partial charge in [-0.1, -0.05) is 12.1 Å². The fourth-order valence-corrected chi connectivity index (χ4v) is 2.63. The summed E-state index contributed by atoms with van der Waals surface area (Å²) in [4.78, 5) is 12.4. The molecule has 0 aliphatic carbocycles. The lowest BCUT2D eigenvalue weighted by Gasteiger charge is -2.07. The van der Waals surface area contributed by atoms with Crippen LogP contribution in [-0.2, 0) is 0 Å². The van der Waals surface area contributed by atoms with Gasteiger partial charge in [0.2, 0.25) is 0 Å². The Bertz CT molecular complexity index is 977. The third-order valence-electron chi connectivity index (χ3n) is 4.12. The highest BCUT2D eigenvalue weighted by atomic mass is 16.5. The normalized spacial score (nSPS) is 11.2. The van der Waals surface area contributed by atoms with Gasteiger partial charge < -0.3 is 9.47 Å². The molecule has 7 nitrogen and oxygen atoms in total. The summed E-state index contributed by atoms with van der Waals surface area (Å²) in [6.45, 7) is 4.29. The van der Waals surface area contributed by atoms with Crippen LogP contribution in [0.5, 0.6) is 11.5 Å². The first-order valence-corrected chi connectivity index (χ1v) is 8.89. The van der Waals surface area contributed by atoms with Crippen LogP contribution in [0.2, 0.25) is 0 Å². The van der Waals surface area contributed by atoms with Gasteiger partial charge in [-0.2, -0.15) is 10.2 Å². The van der Waals surface area contributed by atoms with Crippen molar-refractivity contribution in [3.05, 3.63) is 65.9 Å². The highest BCUT2D eigenvalue weighted by molar-refractivity contribution is 6.00. The second-order valence-electron chi connectivity index (χ2n) is 5.96. The largest absolute Gasteiger partial charge is 0.497 e. The molecule has 3 aromatic rings. The monoisotopic (exact) mass is 378 g/mol. The van der Waals surface area contributed by atoms with E-state index in [1.54, 1.807) is 13.2 Å². The zero-order valence-electron chi connectivity index (χ0n) is 16.0. The van der Waals surface area contributed by atoms with Crippen LogP contribution in [0.4, 0.5) is 0 Å². The van der Waals surface area contributed by atoms with E-state index >= 15 is 0 Å². The van der Waals surface area contributed by atoms with Gasteiger partial charge in [0.05, 0.1) is 25.1 Å². The van der Waals surface area contributed by atoms with Crippen LogP contribution in [-0.4, -0.2) is 35.5 Å². The van der Waals surface area contributed by atoms with E-state index in [-0.39, 0.29) is 5.91 Å². The summed E-state index contributed by atoms with van der Waals surface area (Å²) in [5.41, 5.74) is 5.87. The molecule has 3 rings (SSSR count). The molecule has 0 fully saturated rings. The molecule has 2 aromatic carbocycles. The summed E-state index contributed by atoms with van der Waals surface area (Å²) < 4.78 is 10.8. The van der Waals surface area contributed by atoms with Crippen LogP contribution >= 0.6 is 0 Å². The molecule has 28 heavy (non-hydrogen) atoms. The molecule has 1 aromatic heterocycles. The minimum absolute atomic E-state index is 0.313. The number of nitrogens with one attached hydrogen (secondary N) is 2. The van der Waals surface area contributed by atoms with Crippen LogP contribution in [0.25, 0.3) is 11.3 Å². The standard InChI is InChI=1S/C21H22N4O3/c1-4-28-20-8-6-5-7-17(20)18-13-19(24-23-18)21(26)25-22-14(2)15-9-11-16(27-3)12-10-15/h5-13H,4H2,1-3H3,(H,23,24)(H,25,26)/b22-14-. The lowest BCUT2D eigenvalue weighted by molar-refractivity contribution is 0.0950. The quantitative estimate of drug-likeness (QED) is 0.485. The van der Waals surface area contributed by atoms with E-state index in [1.165, 1.54) is 0 Å². The maximum absolute atomic E-state index is 12.4. The fourth-order valence-electron chi connectivity index (χ4n) is 2.63. The molecule has 2 N–H and O–H groups in total. The number of amides is 1. The van der Waals surface area contributed by atoms with Gasteiger partial charge in [-0.15, -0.1) is 0 Å². The van der Waals surface area contributed by atoms with Crippen LogP contribution in [0.3, 0.4) is 0 Å². The number of rotatable bonds is 7. The number of aromatic nitrogens is 2. The third kappa shape index (κ3) is 4.37. The molecular formula is C21H22N4O3. The molecule has 0 saturated heterocycles. The van der Waals surface area contributed by atoms with Gasteiger partial charge >= 0.3 is 0 Å². The summed E-state index contributed by atoms with van der Waals surface area (Å²) in [6.07, 6.45) is 0. The number of hydrazone groups is 1. The predicted octanol–water partition coefficient (Wildman–Crippen LogP) is 3.64. The summed E-state index contributed by atoms with van der Waals surface area (Å²) in [5, 5.41) is 11.1. The SMILES string of the molecule is CCOc1ccccc1-c1cc(C(=O)N/N=C(/C)c2ccc(OC)cc2)[nH]n1. The van der Waals surface area contributed by atoms with Gasteiger partial charge in [0, 0.05) is 5.56 Å². The zero-order valence-corrected chi connectivity index (χ0v) is 16.0. The Hall–Kier alpha value is -3.61. The maximum Gasteiger partial charge on any atom is 0.289 e. The third-order valence-corrected chi connectivity index (χ3v) is 4.12. The van der Waals surface area contributed by atoms with Crippen LogP contribution in [0.1, 0.15) is 29.9 Å². The Balaban J connectivity index is 1.72. The average molecular weight is 378 g/mol. The summed E-state index contributed by atoms with van der Waals surface area (Å²) in [6, 6.07) is 16.7. The molecule has 0 saturated carbocycles. The number of carbonyl (C=O) groups excluding carboxylic acids is 1. The van der Waals surface area contributed by atoms with E-state index in [4.69, 9.17) is 9.47 Å². The van der Waals surface area contributed by atoms with Crippen molar-refractivity contribution in [2.75, 3.05) is 13.7 Å². The number of methoxy groups -OCH3 is 1. The van der Waals surface area contributed by atoms with Crippen LogP contribution in [0, 0.1) is 0 Å². The molecule has 0 unspecified atom stereocenters. The lowest BCUT2D eigenvalue weighted by atomic mass is 10.1. The fraction of sp³-hybridized carbons (Fsp3) is 0.190. The number of hydrogen-bond donors (Lipinski definition) is 2. The Morgan fingerprint density at radius 1 is 1.18 bits per heavy atom. The Labute approximate surface area is 163 Å². The molecule has 1 heterocycles. The second kappa shape index (κ2) is 8.85. The number of aromatic amines is 1. The van der Waals surface area contributed by atoms with E-state index in [2.05, 4.69) is 20.7 Å². The number of carbonyl (C=O) groups is 1. The first-order valence-electron chi connectivity index (χ1n) is 8.89. The first-order chi connectivity index (χ1) is 13.6. The molecule has 0 radical (unpaired) electrons. The predicted molar refractivity (Wildman–Crippen MR) is 108 cm³/mol. The number of H-pyrrole nitrogens is 1. The highest BCUT2D eigenvalue weighted by Crippen LogP contribution is 2.28. The van der Waals surface area contributed by atoms with Crippen molar-refractivity contribution in [1.82, 2.24) is 15.6 Å². The van der Waals surface area contributed by atoms with Gasteiger partial charge in [-0.3, -0.25) is 9.89 Å². The number of benzene rings is 2. The topological polar surface area (TPSA) is 88.6 Å². The maximum atomic E-state index is 12.4. The van der Waals surface area contributed by atoms with E-state index in [0.717, 1.165) is 22.6 Å². The highest BCUT2D eigenvalue weighted by Gasteiger charge is 2.13. The van der Waals surface area contributed by atoms with E-state index in [9.17, 15) is 4.79 Å². The number of ether oxygens (including phenoxy) is 2. The molecule has 1 amide bonds. The summed E-state index contributed by atoms with van der Waals surface area (Å²) in [7, 11) is 1.61. The van der Waals surface area contributed by atoms with Gasteiger partial charge in [0.25, 0.3) is 5.91 Å². The van der Waals surface area contributed by atoms with Crippen LogP contribution < -0.4 is 14.9 Å². The van der Waals surface area contributed by atoms with Crippen molar-refractivity contribution in [3.8, 4) is 22.8 Å². The minimum Gasteiger partial charge on any atom is -0.497 e. The molecule has 0 spiro atoms. The Morgan fingerprint density at radius 2 is 1.93 bits per heavy atom. The van der Waals surface area contributed by atoms with E-state index in [1.807, 2.05) is 62.4 Å². The van der Waals surface area contributed by atoms with Gasteiger partial charge in [0.1, 0.15) is 17.2 Å². The molecule has 0 aliphatic heterocycles. The minimum atomic E-state index is -0.375. The van der Waals surface area contributed by atoms with Crippen molar-refractivity contribution in [2.24, 2.45) is 5.10 Å². The Morgan fingerprint density at radius 3 is 2.64 bits per heavy atom. The molecule has 0 aliphatic rings. The first kappa shape index (κ1) is 19.2. The van der Waals surface area contributed by atoms with Crippen LogP contribution in [0.15, 0.2) is 59.7 Å². The lowest BCUT2D eigenvalue weighted by Crippen LogP contribution is -2.19. The molecule has 0 bridgehead atoms. The van der Waals surface area contributed by atoms with Crippen molar-refractivity contribution in [2.45, 2.75) is 13.8 Å².